The topological polar surface area (TPSA) is 70.3 Å². The second-order valence-electron chi connectivity index (χ2n) is 5.60. The van der Waals surface area contributed by atoms with Crippen molar-refractivity contribution in [3.63, 3.8) is 0 Å². The number of anilines is 1. The fraction of sp³-hybridized carbons (Fsp3) is 0.333. The summed E-state index contributed by atoms with van der Waals surface area (Å²) in [5.74, 6) is 2.10. The third-order valence-corrected chi connectivity index (χ3v) is 3.21. The van der Waals surface area contributed by atoms with Gasteiger partial charge in [0.15, 0.2) is 11.5 Å². The van der Waals surface area contributed by atoms with Crippen LogP contribution < -0.4 is 15.2 Å². The summed E-state index contributed by atoms with van der Waals surface area (Å²) in [4.78, 5) is 8.05. The summed E-state index contributed by atoms with van der Waals surface area (Å²) < 4.78 is 11.8. The molecule has 104 valence electrons. The number of nitrogens with zero attached hydrogens (tertiary/aromatic N) is 2. The summed E-state index contributed by atoms with van der Waals surface area (Å²) in [6.07, 6.45) is 2.51. The number of nitrogens with two attached hydrogens (primary N) is 1. The molecule has 1 aliphatic rings. The first-order valence-electron chi connectivity index (χ1n) is 6.52. The van der Waals surface area contributed by atoms with E-state index < -0.39 is 0 Å². The van der Waals surface area contributed by atoms with Gasteiger partial charge in [0.2, 0.25) is 11.8 Å². The van der Waals surface area contributed by atoms with E-state index in [-0.39, 0.29) is 11.5 Å². The normalized spacial score (nSPS) is 15.6. The van der Waals surface area contributed by atoms with Crippen molar-refractivity contribution in [1.82, 2.24) is 9.97 Å². The Morgan fingerprint density at radius 2 is 2.15 bits per heavy atom. The van der Waals surface area contributed by atoms with E-state index in [4.69, 9.17) is 15.2 Å². The maximum absolute atomic E-state index is 5.97. The number of para-hydroxylation sites is 1. The molecule has 0 unspecified atom stereocenters. The summed E-state index contributed by atoms with van der Waals surface area (Å²) in [6, 6.07) is 5.88. The number of nitrogen functional groups attached to an aromatic ring is 1. The van der Waals surface area contributed by atoms with Crippen LogP contribution in [0.25, 0.3) is 0 Å². The minimum atomic E-state index is -0.207. The first-order valence-corrected chi connectivity index (χ1v) is 6.52. The van der Waals surface area contributed by atoms with Gasteiger partial charge in [0.25, 0.3) is 0 Å². The number of ether oxygens (including phenoxy) is 2. The van der Waals surface area contributed by atoms with E-state index in [9.17, 15) is 0 Å². The zero-order chi connectivity index (χ0) is 14.3. The molecule has 3 rings (SSSR count). The lowest BCUT2D eigenvalue weighted by Crippen LogP contribution is -2.24. The molecule has 0 saturated carbocycles. The van der Waals surface area contributed by atoms with E-state index in [2.05, 4.69) is 29.9 Å². The molecule has 0 atom stereocenters. The Morgan fingerprint density at radius 1 is 1.35 bits per heavy atom. The Bertz CT molecular complexity index is 668. The molecule has 1 aliphatic heterocycles. The fourth-order valence-corrected chi connectivity index (χ4v) is 2.31. The third kappa shape index (κ3) is 2.27. The molecule has 0 aliphatic carbocycles. The maximum atomic E-state index is 5.97. The van der Waals surface area contributed by atoms with Crippen LogP contribution in [0, 0.1) is 6.92 Å². The molecule has 1 aromatic heterocycles. The number of aromatic nitrogens is 2. The average molecular weight is 271 g/mol. The van der Waals surface area contributed by atoms with Gasteiger partial charge >= 0.3 is 0 Å². The molecule has 0 fully saturated rings. The highest BCUT2D eigenvalue weighted by atomic mass is 16.5. The monoisotopic (exact) mass is 271 g/mol. The van der Waals surface area contributed by atoms with Crippen LogP contribution >= 0.6 is 0 Å². The second-order valence-corrected chi connectivity index (χ2v) is 5.60. The van der Waals surface area contributed by atoms with Crippen LogP contribution in [0.1, 0.15) is 25.0 Å². The van der Waals surface area contributed by atoms with Crippen molar-refractivity contribution in [3.05, 3.63) is 35.5 Å². The highest BCUT2D eigenvalue weighted by Gasteiger charge is 2.32. The van der Waals surface area contributed by atoms with Gasteiger partial charge in [-0.2, -0.15) is 4.98 Å². The SMILES string of the molecule is Cc1cnc(N)nc1Oc1cccc2c1OC(C)(C)C2. The van der Waals surface area contributed by atoms with E-state index in [1.807, 2.05) is 19.1 Å². The van der Waals surface area contributed by atoms with E-state index in [0.717, 1.165) is 23.3 Å². The molecule has 2 aromatic rings. The lowest BCUT2D eigenvalue weighted by atomic mass is 10.0. The second kappa shape index (κ2) is 4.37. The fourth-order valence-electron chi connectivity index (χ4n) is 2.31. The van der Waals surface area contributed by atoms with Crippen LogP contribution in [0.4, 0.5) is 5.95 Å². The summed E-state index contributed by atoms with van der Waals surface area (Å²) in [7, 11) is 0. The number of hydrogen-bond acceptors (Lipinski definition) is 5. The van der Waals surface area contributed by atoms with Crippen molar-refractivity contribution in [3.8, 4) is 17.4 Å². The van der Waals surface area contributed by atoms with Crippen LogP contribution in [0.15, 0.2) is 24.4 Å². The van der Waals surface area contributed by atoms with Crippen molar-refractivity contribution >= 4 is 5.95 Å². The first kappa shape index (κ1) is 12.7. The van der Waals surface area contributed by atoms with Crippen molar-refractivity contribution in [2.24, 2.45) is 0 Å². The number of aryl methyl sites for hydroxylation is 1. The predicted molar refractivity (Wildman–Crippen MR) is 76.1 cm³/mol. The zero-order valence-electron chi connectivity index (χ0n) is 11.8. The van der Waals surface area contributed by atoms with Gasteiger partial charge in [-0.25, -0.2) is 4.98 Å². The molecule has 0 radical (unpaired) electrons. The van der Waals surface area contributed by atoms with Crippen molar-refractivity contribution in [2.45, 2.75) is 32.8 Å². The molecule has 1 aromatic carbocycles. The quantitative estimate of drug-likeness (QED) is 0.909. The molecule has 0 saturated heterocycles. The number of fused-ring (bicyclic) bond motifs is 1. The van der Waals surface area contributed by atoms with Crippen molar-refractivity contribution in [1.29, 1.82) is 0 Å². The largest absolute Gasteiger partial charge is 0.483 e. The van der Waals surface area contributed by atoms with E-state index in [0.29, 0.717) is 11.6 Å². The predicted octanol–water partition coefficient (Wildman–Crippen LogP) is 2.87. The van der Waals surface area contributed by atoms with Gasteiger partial charge < -0.3 is 15.2 Å². The Labute approximate surface area is 117 Å². The Hall–Kier alpha value is -2.30. The van der Waals surface area contributed by atoms with Gasteiger partial charge in [-0.15, -0.1) is 0 Å². The number of benzene rings is 1. The summed E-state index contributed by atoms with van der Waals surface area (Å²) in [5, 5.41) is 0. The van der Waals surface area contributed by atoms with Crippen LogP contribution in [-0.2, 0) is 6.42 Å². The average Bonchev–Trinajstić information content (AvgIpc) is 2.69. The summed E-state index contributed by atoms with van der Waals surface area (Å²) >= 11 is 0. The van der Waals surface area contributed by atoms with Gasteiger partial charge in [-0.05, 0) is 26.8 Å². The molecule has 0 amide bonds. The Kier molecular flexibility index (Phi) is 2.78. The first-order chi connectivity index (χ1) is 9.44. The van der Waals surface area contributed by atoms with Gasteiger partial charge in [0.05, 0.1) is 0 Å². The standard InChI is InChI=1S/C15H17N3O2/c1-9-8-17-14(16)18-13(9)19-11-6-4-5-10-7-15(2,3)20-12(10)11/h4-6,8H,7H2,1-3H3,(H2,16,17,18). The summed E-state index contributed by atoms with van der Waals surface area (Å²) in [5.41, 5.74) is 7.37. The minimum absolute atomic E-state index is 0.194. The van der Waals surface area contributed by atoms with Crippen molar-refractivity contribution in [2.75, 3.05) is 5.73 Å². The number of rotatable bonds is 2. The van der Waals surface area contributed by atoms with Crippen molar-refractivity contribution < 1.29 is 9.47 Å². The van der Waals surface area contributed by atoms with E-state index in [1.54, 1.807) is 6.20 Å². The van der Waals surface area contributed by atoms with E-state index in [1.165, 1.54) is 0 Å². The Morgan fingerprint density at radius 3 is 2.95 bits per heavy atom. The smallest absolute Gasteiger partial charge is 0.227 e. The molecular formula is C15H17N3O2. The number of hydrogen-bond donors (Lipinski definition) is 1. The molecule has 20 heavy (non-hydrogen) atoms. The molecule has 0 spiro atoms. The van der Waals surface area contributed by atoms with Gasteiger partial charge in [0.1, 0.15) is 5.60 Å². The zero-order valence-corrected chi connectivity index (χ0v) is 11.8. The molecule has 5 heteroatoms. The minimum Gasteiger partial charge on any atom is -0.483 e. The third-order valence-electron chi connectivity index (χ3n) is 3.21. The molecule has 2 N–H and O–H groups in total. The lowest BCUT2D eigenvalue weighted by Gasteiger charge is -2.18. The van der Waals surface area contributed by atoms with Crippen LogP contribution in [0.3, 0.4) is 0 Å². The molecule has 2 heterocycles. The van der Waals surface area contributed by atoms with Crippen LogP contribution in [-0.4, -0.2) is 15.6 Å². The van der Waals surface area contributed by atoms with Crippen LogP contribution in [0.5, 0.6) is 17.4 Å². The lowest BCUT2D eigenvalue weighted by molar-refractivity contribution is 0.135. The maximum Gasteiger partial charge on any atom is 0.227 e. The van der Waals surface area contributed by atoms with E-state index >= 15 is 0 Å². The molecule has 5 nitrogen and oxygen atoms in total. The van der Waals surface area contributed by atoms with Gasteiger partial charge in [-0.3, -0.25) is 0 Å². The highest BCUT2D eigenvalue weighted by molar-refractivity contribution is 5.51. The molecule has 0 bridgehead atoms. The van der Waals surface area contributed by atoms with Crippen LogP contribution in [0.2, 0.25) is 0 Å². The highest BCUT2D eigenvalue weighted by Crippen LogP contribution is 2.43. The van der Waals surface area contributed by atoms with Gasteiger partial charge in [0, 0.05) is 23.7 Å². The Balaban J connectivity index is 1.97. The van der Waals surface area contributed by atoms with Gasteiger partial charge in [-0.1, -0.05) is 12.1 Å². The summed E-state index contributed by atoms with van der Waals surface area (Å²) in [6.45, 7) is 6.00. The molecular weight excluding hydrogens is 254 g/mol.